The zero-order valence-corrected chi connectivity index (χ0v) is 9.85. The van der Waals surface area contributed by atoms with Crippen LogP contribution in [0.25, 0.3) is 0 Å². The molecule has 0 atom stereocenters. The largest absolute Gasteiger partial charge is 0.506 e. The molecule has 0 aliphatic rings. The highest BCUT2D eigenvalue weighted by atomic mass is 16.3. The normalized spacial score (nSPS) is 10.2. The molecule has 2 aromatic rings. The Hall–Kier alpha value is -2.03. The van der Waals surface area contributed by atoms with Crippen molar-refractivity contribution in [2.45, 2.75) is 19.9 Å². The van der Waals surface area contributed by atoms with Crippen molar-refractivity contribution in [1.29, 1.82) is 0 Å². The summed E-state index contributed by atoms with van der Waals surface area (Å²) in [6.07, 6.45) is 2.47. The lowest BCUT2D eigenvalue weighted by Gasteiger charge is -2.10. The summed E-state index contributed by atoms with van der Waals surface area (Å²) < 4.78 is 0. The summed E-state index contributed by atoms with van der Waals surface area (Å²) >= 11 is 0. The molecular weight excluding hydrogens is 212 g/mol. The first-order valence-corrected chi connectivity index (χ1v) is 5.75. The highest BCUT2D eigenvalue weighted by Gasteiger charge is 2.00. The van der Waals surface area contributed by atoms with Crippen LogP contribution in [0.1, 0.15) is 18.2 Å². The van der Waals surface area contributed by atoms with E-state index in [-0.39, 0.29) is 5.75 Å². The number of benzene rings is 1. The zero-order chi connectivity index (χ0) is 12.1. The number of aromatic nitrogens is 1. The predicted octanol–water partition coefficient (Wildman–Crippen LogP) is 2.96. The number of para-hydroxylation sites is 1. The topological polar surface area (TPSA) is 45.1 Å². The van der Waals surface area contributed by atoms with Crippen molar-refractivity contribution in [2.24, 2.45) is 0 Å². The Kier molecular flexibility index (Phi) is 3.60. The molecule has 3 nitrogen and oxygen atoms in total. The number of hydrogen-bond donors (Lipinski definition) is 2. The van der Waals surface area contributed by atoms with Gasteiger partial charge in [0.25, 0.3) is 0 Å². The van der Waals surface area contributed by atoms with E-state index in [4.69, 9.17) is 5.11 Å². The van der Waals surface area contributed by atoms with Gasteiger partial charge in [0.1, 0.15) is 5.75 Å². The van der Waals surface area contributed by atoms with Crippen LogP contribution in [-0.4, -0.2) is 10.1 Å². The molecule has 0 bridgehead atoms. The molecule has 0 saturated carbocycles. The first-order valence-electron chi connectivity index (χ1n) is 5.75. The molecule has 2 N–H and O–H groups in total. The second-order valence-corrected chi connectivity index (χ2v) is 3.87. The molecule has 0 fully saturated rings. The Bertz CT molecular complexity index is 480. The maximum atomic E-state index is 9.14. The second kappa shape index (κ2) is 5.34. The molecule has 3 heteroatoms. The Balaban J connectivity index is 2.04. The van der Waals surface area contributed by atoms with Crippen LogP contribution in [0.3, 0.4) is 0 Å². The number of rotatable bonds is 4. The predicted molar refractivity (Wildman–Crippen MR) is 69.0 cm³/mol. The zero-order valence-electron chi connectivity index (χ0n) is 9.85. The average Bonchev–Trinajstić information content (AvgIpc) is 2.38. The molecule has 0 saturated heterocycles. The third-order valence-electron chi connectivity index (χ3n) is 2.67. The van der Waals surface area contributed by atoms with Crippen molar-refractivity contribution < 1.29 is 5.11 Å². The van der Waals surface area contributed by atoms with E-state index in [1.807, 2.05) is 18.2 Å². The van der Waals surface area contributed by atoms with E-state index < -0.39 is 0 Å². The van der Waals surface area contributed by atoms with E-state index >= 15 is 0 Å². The summed E-state index contributed by atoms with van der Waals surface area (Å²) in [4.78, 5) is 4.14. The standard InChI is InChI=1S/C14H16N2O/c1-2-11-5-3-4-6-14(11)16-9-12-7-8-13(17)10-15-12/h3-8,10,16-17H,2,9H2,1H3. The van der Waals surface area contributed by atoms with Crippen LogP contribution in [0.2, 0.25) is 0 Å². The maximum Gasteiger partial charge on any atom is 0.133 e. The minimum atomic E-state index is 0.197. The van der Waals surface area contributed by atoms with Crippen LogP contribution < -0.4 is 5.32 Å². The molecule has 17 heavy (non-hydrogen) atoms. The smallest absolute Gasteiger partial charge is 0.133 e. The van der Waals surface area contributed by atoms with Gasteiger partial charge in [-0.2, -0.15) is 0 Å². The summed E-state index contributed by atoms with van der Waals surface area (Å²) in [5.41, 5.74) is 3.35. The fourth-order valence-corrected chi connectivity index (χ4v) is 1.71. The number of aryl methyl sites for hydroxylation is 1. The fraction of sp³-hybridized carbons (Fsp3) is 0.214. The summed E-state index contributed by atoms with van der Waals surface area (Å²) in [5, 5.41) is 12.5. The summed E-state index contributed by atoms with van der Waals surface area (Å²) in [6.45, 7) is 2.80. The lowest BCUT2D eigenvalue weighted by molar-refractivity contribution is 0.472. The number of hydrogen-bond acceptors (Lipinski definition) is 3. The number of anilines is 1. The van der Waals surface area contributed by atoms with Crippen molar-refractivity contribution in [1.82, 2.24) is 4.98 Å². The molecule has 0 unspecified atom stereocenters. The van der Waals surface area contributed by atoms with Gasteiger partial charge in [-0.25, -0.2) is 0 Å². The molecule has 1 heterocycles. The Labute approximate surface area is 101 Å². The highest BCUT2D eigenvalue weighted by molar-refractivity contribution is 5.51. The number of nitrogens with one attached hydrogen (secondary N) is 1. The van der Waals surface area contributed by atoms with Gasteiger partial charge < -0.3 is 10.4 Å². The van der Waals surface area contributed by atoms with Gasteiger partial charge in [0.2, 0.25) is 0 Å². The summed E-state index contributed by atoms with van der Waals surface area (Å²) in [6, 6.07) is 11.7. The first kappa shape index (κ1) is 11.5. The van der Waals surface area contributed by atoms with Crippen LogP contribution in [0, 0.1) is 0 Å². The Morgan fingerprint density at radius 1 is 1.18 bits per heavy atom. The van der Waals surface area contributed by atoms with Crippen molar-refractivity contribution in [3.63, 3.8) is 0 Å². The molecule has 0 amide bonds. The lowest BCUT2D eigenvalue weighted by atomic mass is 10.1. The Morgan fingerprint density at radius 3 is 2.71 bits per heavy atom. The highest BCUT2D eigenvalue weighted by Crippen LogP contribution is 2.16. The fourth-order valence-electron chi connectivity index (χ4n) is 1.71. The van der Waals surface area contributed by atoms with Gasteiger partial charge in [0, 0.05) is 5.69 Å². The van der Waals surface area contributed by atoms with Gasteiger partial charge in [0.15, 0.2) is 0 Å². The van der Waals surface area contributed by atoms with Crippen LogP contribution in [0.15, 0.2) is 42.6 Å². The van der Waals surface area contributed by atoms with Crippen LogP contribution >= 0.6 is 0 Å². The number of pyridine rings is 1. The van der Waals surface area contributed by atoms with Gasteiger partial charge in [-0.1, -0.05) is 25.1 Å². The van der Waals surface area contributed by atoms with E-state index in [1.165, 1.54) is 11.8 Å². The van der Waals surface area contributed by atoms with Crippen molar-refractivity contribution in [3.8, 4) is 5.75 Å². The SMILES string of the molecule is CCc1ccccc1NCc1ccc(O)cn1. The molecule has 1 aromatic carbocycles. The minimum Gasteiger partial charge on any atom is -0.506 e. The molecule has 0 aliphatic carbocycles. The summed E-state index contributed by atoms with van der Waals surface area (Å²) in [7, 11) is 0. The van der Waals surface area contributed by atoms with Crippen LogP contribution in [-0.2, 0) is 13.0 Å². The Morgan fingerprint density at radius 2 is 2.00 bits per heavy atom. The summed E-state index contributed by atoms with van der Waals surface area (Å²) in [5.74, 6) is 0.197. The molecular formula is C14H16N2O. The third kappa shape index (κ3) is 2.97. The van der Waals surface area contributed by atoms with Crippen molar-refractivity contribution in [3.05, 3.63) is 53.9 Å². The van der Waals surface area contributed by atoms with Crippen LogP contribution in [0.4, 0.5) is 5.69 Å². The quantitative estimate of drug-likeness (QED) is 0.845. The van der Waals surface area contributed by atoms with Gasteiger partial charge in [-0.3, -0.25) is 4.98 Å². The van der Waals surface area contributed by atoms with Gasteiger partial charge in [-0.15, -0.1) is 0 Å². The van der Waals surface area contributed by atoms with E-state index in [2.05, 4.69) is 29.4 Å². The van der Waals surface area contributed by atoms with E-state index in [9.17, 15) is 0 Å². The molecule has 2 rings (SSSR count). The van der Waals surface area contributed by atoms with E-state index in [0.717, 1.165) is 17.8 Å². The third-order valence-corrected chi connectivity index (χ3v) is 2.67. The second-order valence-electron chi connectivity index (χ2n) is 3.87. The first-order chi connectivity index (χ1) is 8.29. The molecule has 0 spiro atoms. The van der Waals surface area contributed by atoms with Crippen molar-refractivity contribution >= 4 is 5.69 Å². The van der Waals surface area contributed by atoms with Crippen molar-refractivity contribution in [2.75, 3.05) is 5.32 Å². The number of nitrogens with zero attached hydrogens (tertiary/aromatic N) is 1. The molecule has 1 aromatic heterocycles. The van der Waals surface area contributed by atoms with Gasteiger partial charge in [-0.05, 0) is 30.2 Å². The lowest BCUT2D eigenvalue weighted by Crippen LogP contribution is -2.03. The van der Waals surface area contributed by atoms with Crippen LogP contribution in [0.5, 0.6) is 5.75 Å². The number of aromatic hydroxyl groups is 1. The average molecular weight is 228 g/mol. The van der Waals surface area contributed by atoms with E-state index in [0.29, 0.717) is 6.54 Å². The van der Waals surface area contributed by atoms with E-state index in [1.54, 1.807) is 6.07 Å². The molecule has 0 aliphatic heterocycles. The minimum absolute atomic E-state index is 0.197. The molecule has 0 radical (unpaired) electrons. The monoisotopic (exact) mass is 228 g/mol. The molecule has 88 valence electrons. The van der Waals surface area contributed by atoms with Gasteiger partial charge in [0.05, 0.1) is 18.4 Å². The maximum absolute atomic E-state index is 9.14. The van der Waals surface area contributed by atoms with Gasteiger partial charge >= 0.3 is 0 Å².